The highest BCUT2D eigenvalue weighted by Crippen LogP contribution is 2.43. The SMILES string of the molecule is Cc1cp(Cc2ccccc2)c(C(=O)c2ccccc2)c1C. The quantitative estimate of drug-likeness (QED) is 0.576. The molecule has 0 N–H and O–H groups in total. The molecule has 0 amide bonds. The third kappa shape index (κ3) is 2.91. The lowest BCUT2D eigenvalue weighted by atomic mass is 10.1. The van der Waals surface area contributed by atoms with Crippen molar-refractivity contribution in [3.05, 3.63) is 94.0 Å². The zero-order valence-corrected chi connectivity index (χ0v) is 13.8. The lowest BCUT2D eigenvalue weighted by Crippen LogP contribution is -2.01. The van der Waals surface area contributed by atoms with Crippen molar-refractivity contribution in [3.63, 3.8) is 0 Å². The summed E-state index contributed by atoms with van der Waals surface area (Å²) in [7, 11) is -0.559. The Morgan fingerprint density at radius 3 is 2.14 bits per heavy atom. The fraction of sp³-hybridized carbons (Fsp3) is 0.150. The van der Waals surface area contributed by atoms with Crippen LogP contribution in [-0.2, 0) is 6.16 Å². The highest BCUT2D eigenvalue weighted by atomic mass is 31.1. The van der Waals surface area contributed by atoms with Crippen LogP contribution in [0.2, 0.25) is 0 Å². The maximum absolute atomic E-state index is 12.9. The van der Waals surface area contributed by atoms with Gasteiger partial charge in [0.15, 0.2) is 5.78 Å². The Balaban J connectivity index is 2.02. The van der Waals surface area contributed by atoms with Gasteiger partial charge in [0.05, 0.1) is 0 Å². The van der Waals surface area contributed by atoms with Gasteiger partial charge in [0, 0.05) is 17.0 Å². The molecule has 110 valence electrons. The first-order valence-corrected chi connectivity index (χ1v) is 9.06. The summed E-state index contributed by atoms with van der Waals surface area (Å²) in [5, 5.41) is 1.02. The van der Waals surface area contributed by atoms with Crippen LogP contribution in [0.5, 0.6) is 0 Å². The molecule has 2 heteroatoms. The summed E-state index contributed by atoms with van der Waals surface area (Å²) >= 11 is 0. The normalized spacial score (nSPS) is 11.5. The van der Waals surface area contributed by atoms with Gasteiger partial charge in [-0.3, -0.25) is 4.79 Å². The fourth-order valence-electron chi connectivity index (χ4n) is 2.73. The molecule has 0 aliphatic heterocycles. The van der Waals surface area contributed by atoms with Gasteiger partial charge in [-0.1, -0.05) is 60.7 Å². The van der Waals surface area contributed by atoms with Gasteiger partial charge in [0.1, 0.15) is 0 Å². The molecule has 0 saturated heterocycles. The predicted octanol–water partition coefficient (Wildman–Crippen LogP) is 5.57. The first-order chi connectivity index (χ1) is 10.7. The fourth-order valence-corrected chi connectivity index (χ4v) is 5.37. The Labute approximate surface area is 132 Å². The molecule has 3 rings (SSSR count). The molecule has 1 heterocycles. The van der Waals surface area contributed by atoms with Gasteiger partial charge in [-0.2, -0.15) is 0 Å². The summed E-state index contributed by atoms with van der Waals surface area (Å²) in [4.78, 5) is 12.9. The number of carbonyl (C=O) groups is 1. The Kier molecular flexibility index (Phi) is 4.27. The second kappa shape index (κ2) is 6.34. The topological polar surface area (TPSA) is 17.1 Å². The van der Waals surface area contributed by atoms with E-state index < -0.39 is 7.53 Å². The van der Waals surface area contributed by atoms with Gasteiger partial charge in [-0.25, -0.2) is 0 Å². The zero-order valence-electron chi connectivity index (χ0n) is 12.9. The average Bonchev–Trinajstić information content (AvgIpc) is 2.83. The molecule has 0 radical (unpaired) electrons. The van der Waals surface area contributed by atoms with Gasteiger partial charge >= 0.3 is 0 Å². The lowest BCUT2D eigenvalue weighted by molar-refractivity contribution is 0.104. The Morgan fingerprint density at radius 1 is 0.909 bits per heavy atom. The Bertz CT molecular complexity index is 785. The van der Waals surface area contributed by atoms with Gasteiger partial charge in [-0.05, 0) is 36.3 Å². The van der Waals surface area contributed by atoms with Crippen molar-refractivity contribution in [1.82, 2.24) is 0 Å². The first-order valence-electron chi connectivity index (χ1n) is 7.47. The van der Waals surface area contributed by atoms with E-state index in [9.17, 15) is 4.79 Å². The number of rotatable bonds is 4. The molecular weight excluding hydrogens is 287 g/mol. The molecule has 1 unspecified atom stereocenters. The predicted molar refractivity (Wildman–Crippen MR) is 94.0 cm³/mol. The van der Waals surface area contributed by atoms with Crippen molar-refractivity contribution < 1.29 is 4.79 Å². The van der Waals surface area contributed by atoms with E-state index in [-0.39, 0.29) is 5.78 Å². The van der Waals surface area contributed by atoms with Crippen molar-refractivity contribution in [2.45, 2.75) is 20.0 Å². The summed E-state index contributed by atoms with van der Waals surface area (Å²) in [5.74, 6) is 2.49. The van der Waals surface area contributed by atoms with Crippen LogP contribution >= 0.6 is 7.53 Å². The molecule has 2 aromatic carbocycles. The zero-order chi connectivity index (χ0) is 15.5. The number of hydrogen-bond donors (Lipinski definition) is 0. The van der Waals surface area contributed by atoms with Crippen LogP contribution in [0.1, 0.15) is 32.3 Å². The number of aryl methyl sites for hydroxylation is 1. The van der Waals surface area contributed by atoms with E-state index in [1.54, 1.807) is 0 Å². The van der Waals surface area contributed by atoms with Crippen LogP contribution in [0, 0.1) is 13.8 Å². The minimum Gasteiger partial charge on any atom is -0.288 e. The lowest BCUT2D eigenvalue weighted by Gasteiger charge is -2.07. The van der Waals surface area contributed by atoms with Crippen molar-refractivity contribution >= 4 is 13.3 Å². The summed E-state index contributed by atoms with van der Waals surface area (Å²) in [5.41, 5.74) is 4.50. The Morgan fingerprint density at radius 2 is 1.50 bits per heavy atom. The van der Waals surface area contributed by atoms with E-state index in [4.69, 9.17) is 0 Å². The number of ketones is 1. The molecular formula is C20H19OP. The molecule has 0 saturated carbocycles. The monoisotopic (exact) mass is 306 g/mol. The van der Waals surface area contributed by atoms with Crippen LogP contribution in [0.25, 0.3) is 0 Å². The maximum atomic E-state index is 12.9. The molecule has 0 aliphatic carbocycles. The number of benzene rings is 2. The highest BCUT2D eigenvalue weighted by Gasteiger charge is 2.19. The molecule has 0 bridgehead atoms. The van der Waals surface area contributed by atoms with Gasteiger partial charge in [0.2, 0.25) is 0 Å². The summed E-state index contributed by atoms with van der Waals surface area (Å²) in [6, 6.07) is 20.1. The second-order valence-electron chi connectivity index (χ2n) is 5.59. The second-order valence-corrected chi connectivity index (χ2v) is 7.56. The largest absolute Gasteiger partial charge is 0.288 e. The molecule has 0 aliphatic rings. The van der Waals surface area contributed by atoms with Crippen LogP contribution in [0.3, 0.4) is 0 Å². The minimum absolute atomic E-state index is 0.188. The third-order valence-corrected chi connectivity index (χ3v) is 6.55. The summed E-state index contributed by atoms with van der Waals surface area (Å²) < 4.78 is 0. The van der Waals surface area contributed by atoms with Gasteiger partial charge in [-0.15, -0.1) is 7.53 Å². The van der Waals surface area contributed by atoms with Crippen LogP contribution in [0.15, 0.2) is 66.5 Å². The Hall–Kier alpha value is -2.11. The van der Waals surface area contributed by atoms with Crippen LogP contribution in [0.4, 0.5) is 0 Å². The third-order valence-electron chi connectivity index (χ3n) is 4.03. The van der Waals surface area contributed by atoms with E-state index in [1.807, 2.05) is 36.4 Å². The summed E-state index contributed by atoms with van der Waals surface area (Å²) in [6.45, 7) is 4.19. The van der Waals surface area contributed by atoms with E-state index in [1.165, 1.54) is 11.1 Å². The smallest absolute Gasteiger partial charge is 0.197 e. The van der Waals surface area contributed by atoms with E-state index in [0.29, 0.717) is 0 Å². The van der Waals surface area contributed by atoms with E-state index in [0.717, 1.165) is 22.6 Å². The van der Waals surface area contributed by atoms with Gasteiger partial charge in [0.25, 0.3) is 0 Å². The standard InChI is InChI=1S/C20H19OP/c1-15-13-22(14-17-9-5-3-6-10-17)20(16(15)2)19(21)18-11-7-4-8-12-18/h3-13H,14H2,1-2H3. The van der Waals surface area contributed by atoms with Crippen molar-refractivity contribution in [2.24, 2.45) is 0 Å². The number of hydrogen-bond acceptors (Lipinski definition) is 1. The molecule has 1 nitrogen and oxygen atoms in total. The molecule has 0 spiro atoms. The highest BCUT2D eigenvalue weighted by molar-refractivity contribution is 7.50. The first kappa shape index (κ1) is 14.8. The summed E-state index contributed by atoms with van der Waals surface area (Å²) in [6.07, 6.45) is 0.943. The van der Waals surface area contributed by atoms with Crippen LogP contribution in [-0.4, -0.2) is 5.78 Å². The van der Waals surface area contributed by atoms with Crippen molar-refractivity contribution in [2.75, 3.05) is 0 Å². The minimum atomic E-state index is -0.559. The van der Waals surface area contributed by atoms with Crippen LogP contribution < -0.4 is 0 Å². The maximum Gasteiger partial charge on any atom is 0.197 e. The number of carbonyl (C=O) groups excluding carboxylic acids is 1. The molecule has 0 fully saturated rings. The average molecular weight is 306 g/mol. The molecule has 1 atom stereocenters. The van der Waals surface area contributed by atoms with E-state index in [2.05, 4.69) is 43.9 Å². The van der Waals surface area contributed by atoms with Crippen molar-refractivity contribution in [3.8, 4) is 0 Å². The molecule has 3 aromatic rings. The van der Waals surface area contributed by atoms with E-state index >= 15 is 0 Å². The van der Waals surface area contributed by atoms with Gasteiger partial charge < -0.3 is 0 Å². The van der Waals surface area contributed by atoms with Crippen molar-refractivity contribution in [1.29, 1.82) is 0 Å². The molecule has 1 aromatic heterocycles. The molecule has 22 heavy (non-hydrogen) atoms.